The maximum absolute atomic E-state index is 12.0. The van der Waals surface area contributed by atoms with Crippen molar-refractivity contribution in [2.45, 2.75) is 40.0 Å². The lowest BCUT2D eigenvalue weighted by atomic mass is 10.0. The van der Waals surface area contributed by atoms with E-state index in [1.807, 2.05) is 33.1 Å². The quantitative estimate of drug-likeness (QED) is 0.925. The molecule has 0 aliphatic rings. The number of H-pyrrole nitrogens is 1. The molecular formula is C13H17N3OS. The first-order valence-electron chi connectivity index (χ1n) is 5.98. The van der Waals surface area contributed by atoms with Gasteiger partial charge in [0.05, 0.1) is 10.7 Å². The van der Waals surface area contributed by atoms with Crippen molar-refractivity contribution in [2.75, 3.05) is 0 Å². The molecule has 0 bridgehead atoms. The predicted molar refractivity (Wildman–Crippen MR) is 73.3 cm³/mol. The largest absolute Gasteiger partial charge is 0.310 e. The minimum Gasteiger partial charge on any atom is -0.310 e. The minimum absolute atomic E-state index is 0.0283. The molecule has 0 fully saturated rings. The van der Waals surface area contributed by atoms with Crippen LogP contribution in [0, 0.1) is 13.8 Å². The maximum atomic E-state index is 12.0. The highest BCUT2D eigenvalue weighted by Crippen LogP contribution is 2.14. The normalized spacial score (nSPS) is 11.2. The molecule has 0 amide bonds. The molecule has 2 aromatic rings. The summed E-state index contributed by atoms with van der Waals surface area (Å²) in [4.78, 5) is 23.7. The van der Waals surface area contributed by atoms with Crippen molar-refractivity contribution in [3.05, 3.63) is 43.5 Å². The molecule has 0 unspecified atom stereocenters. The summed E-state index contributed by atoms with van der Waals surface area (Å²) in [6.07, 6.45) is 0.582. The summed E-state index contributed by atoms with van der Waals surface area (Å²) < 4.78 is 0. The Kier molecular flexibility index (Phi) is 3.61. The summed E-state index contributed by atoms with van der Waals surface area (Å²) in [7, 11) is 0. The topological polar surface area (TPSA) is 58.6 Å². The molecule has 0 radical (unpaired) electrons. The second kappa shape index (κ2) is 5.02. The van der Waals surface area contributed by atoms with E-state index < -0.39 is 0 Å². The standard InChI is InChI=1S/C13H17N3OS/c1-7(2)12-8(3)14-11(16-13(12)17)5-10-6-18-9(4)15-10/h6-7H,5H2,1-4H3,(H,14,16,17). The van der Waals surface area contributed by atoms with Gasteiger partial charge in [0, 0.05) is 23.1 Å². The Morgan fingerprint density at radius 2 is 2.06 bits per heavy atom. The van der Waals surface area contributed by atoms with E-state index in [-0.39, 0.29) is 11.5 Å². The molecule has 5 heteroatoms. The van der Waals surface area contributed by atoms with E-state index in [1.54, 1.807) is 11.3 Å². The first-order valence-corrected chi connectivity index (χ1v) is 6.86. The van der Waals surface area contributed by atoms with Gasteiger partial charge in [0.25, 0.3) is 5.56 Å². The van der Waals surface area contributed by atoms with Crippen molar-refractivity contribution >= 4 is 11.3 Å². The number of nitrogens with one attached hydrogen (secondary N) is 1. The van der Waals surface area contributed by atoms with Crippen LogP contribution in [0.25, 0.3) is 0 Å². The molecule has 0 aromatic carbocycles. The summed E-state index contributed by atoms with van der Waals surface area (Å²) in [5.74, 6) is 0.879. The number of rotatable bonds is 3. The Labute approximate surface area is 110 Å². The van der Waals surface area contributed by atoms with Gasteiger partial charge in [0.2, 0.25) is 0 Å². The molecule has 0 aliphatic heterocycles. The zero-order valence-corrected chi connectivity index (χ0v) is 11.9. The molecule has 0 spiro atoms. The van der Waals surface area contributed by atoms with Gasteiger partial charge in [-0.25, -0.2) is 9.97 Å². The predicted octanol–water partition coefficient (Wildman–Crippen LogP) is 2.56. The Morgan fingerprint density at radius 3 is 2.56 bits per heavy atom. The molecule has 0 saturated carbocycles. The van der Waals surface area contributed by atoms with Gasteiger partial charge in [-0.3, -0.25) is 4.79 Å². The van der Waals surface area contributed by atoms with Crippen molar-refractivity contribution in [1.29, 1.82) is 0 Å². The zero-order valence-electron chi connectivity index (χ0n) is 11.1. The number of aryl methyl sites for hydroxylation is 2. The smallest absolute Gasteiger partial charge is 0.254 e. The van der Waals surface area contributed by atoms with Crippen LogP contribution in [-0.2, 0) is 6.42 Å². The third-order valence-electron chi connectivity index (χ3n) is 2.79. The van der Waals surface area contributed by atoms with Gasteiger partial charge in [-0.05, 0) is 19.8 Å². The molecule has 2 rings (SSSR count). The summed E-state index contributed by atoms with van der Waals surface area (Å²) >= 11 is 1.61. The van der Waals surface area contributed by atoms with Crippen LogP contribution in [0.2, 0.25) is 0 Å². The van der Waals surface area contributed by atoms with Crippen molar-refractivity contribution in [3.8, 4) is 0 Å². The van der Waals surface area contributed by atoms with Crippen molar-refractivity contribution < 1.29 is 0 Å². The molecular weight excluding hydrogens is 246 g/mol. The number of aromatic nitrogens is 3. The molecule has 2 heterocycles. The summed E-state index contributed by atoms with van der Waals surface area (Å²) in [5.41, 5.74) is 2.51. The van der Waals surface area contributed by atoms with Crippen molar-refractivity contribution in [3.63, 3.8) is 0 Å². The van der Waals surface area contributed by atoms with E-state index in [0.717, 1.165) is 22.0 Å². The highest BCUT2D eigenvalue weighted by Gasteiger charge is 2.12. The zero-order chi connectivity index (χ0) is 13.3. The van der Waals surface area contributed by atoms with Crippen LogP contribution in [0.4, 0.5) is 0 Å². The van der Waals surface area contributed by atoms with Gasteiger partial charge >= 0.3 is 0 Å². The molecule has 4 nitrogen and oxygen atoms in total. The number of nitrogens with zero attached hydrogens (tertiary/aromatic N) is 2. The Balaban J connectivity index is 2.34. The second-order valence-electron chi connectivity index (χ2n) is 4.70. The van der Waals surface area contributed by atoms with Crippen LogP contribution in [0.1, 0.15) is 47.5 Å². The van der Waals surface area contributed by atoms with Gasteiger partial charge in [0.15, 0.2) is 0 Å². The summed E-state index contributed by atoms with van der Waals surface area (Å²) in [5, 5.41) is 3.03. The number of hydrogen-bond donors (Lipinski definition) is 1. The van der Waals surface area contributed by atoms with Gasteiger partial charge in [-0.15, -0.1) is 11.3 Å². The lowest BCUT2D eigenvalue weighted by molar-refractivity contribution is 0.789. The van der Waals surface area contributed by atoms with E-state index in [0.29, 0.717) is 12.2 Å². The monoisotopic (exact) mass is 263 g/mol. The van der Waals surface area contributed by atoms with E-state index in [2.05, 4.69) is 15.0 Å². The average molecular weight is 263 g/mol. The lowest BCUT2D eigenvalue weighted by Crippen LogP contribution is -2.20. The molecule has 0 saturated heterocycles. The number of hydrogen-bond acceptors (Lipinski definition) is 4. The number of aromatic amines is 1. The molecule has 0 atom stereocenters. The van der Waals surface area contributed by atoms with Crippen LogP contribution in [0.5, 0.6) is 0 Å². The molecule has 96 valence electrons. The fraction of sp³-hybridized carbons (Fsp3) is 0.462. The van der Waals surface area contributed by atoms with E-state index in [4.69, 9.17) is 0 Å². The molecule has 0 aliphatic carbocycles. The first kappa shape index (κ1) is 13.0. The fourth-order valence-corrected chi connectivity index (χ4v) is 2.69. The lowest BCUT2D eigenvalue weighted by Gasteiger charge is -2.09. The highest BCUT2D eigenvalue weighted by molar-refractivity contribution is 7.09. The molecule has 1 N–H and O–H groups in total. The SMILES string of the molecule is Cc1nc(Cc2nc(C)c(C(C)C)c(=O)[nH]2)cs1. The van der Waals surface area contributed by atoms with Crippen LogP contribution >= 0.6 is 11.3 Å². The minimum atomic E-state index is -0.0283. The van der Waals surface area contributed by atoms with Gasteiger partial charge < -0.3 is 4.98 Å². The van der Waals surface area contributed by atoms with Crippen LogP contribution in [0.3, 0.4) is 0 Å². The van der Waals surface area contributed by atoms with Crippen molar-refractivity contribution in [2.24, 2.45) is 0 Å². The first-order chi connectivity index (χ1) is 8.47. The third kappa shape index (κ3) is 2.67. The van der Waals surface area contributed by atoms with Gasteiger partial charge in [-0.2, -0.15) is 0 Å². The fourth-order valence-electron chi connectivity index (χ4n) is 2.08. The summed E-state index contributed by atoms with van der Waals surface area (Å²) in [6, 6.07) is 0. The Bertz CT molecular complexity index is 613. The maximum Gasteiger partial charge on any atom is 0.254 e. The van der Waals surface area contributed by atoms with E-state index >= 15 is 0 Å². The van der Waals surface area contributed by atoms with Crippen LogP contribution < -0.4 is 5.56 Å². The van der Waals surface area contributed by atoms with Crippen LogP contribution in [-0.4, -0.2) is 15.0 Å². The van der Waals surface area contributed by atoms with E-state index in [9.17, 15) is 4.79 Å². The Hall–Kier alpha value is -1.49. The average Bonchev–Trinajstić information content (AvgIpc) is 2.62. The van der Waals surface area contributed by atoms with Gasteiger partial charge in [-0.1, -0.05) is 13.8 Å². The molecule has 18 heavy (non-hydrogen) atoms. The van der Waals surface area contributed by atoms with Gasteiger partial charge in [0.1, 0.15) is 5.82 Å². The Morgan fingerprint density at radius 1 is 1.33 bits per heavy atom. The number of thiazole rings is 1. The highest BCUT2D eigenvalue weighted by atomic mass is 32.1. The third-order valence-corrected chi connectivity index (χ3v) is 3.61. The summed E-state index contributed by atoms with van der Waals surface area (Å²) in [6.45, 7) is 7.86. The molecule has 2 aromatic heterocycles. The second-order valence-corrected chi connectivity index (χ2v) is 5.76. The van der Waals surface area contributed by atoms with Crippen molar-refractivity contribution in [1.82, 2.24) is 15.0 Å². The van der Waals surface area contributed by atoms with E-state index in [1.165, 1.54) is 0 Å². The van der Waals surface area contributed by atoms with Crippen LogP contribution in [0.15, 0.2) is 10.2 Å².